The molecule has 1 aromatic carbocycles. The second-order valence-corrected chi connectivity index (χ2v) is 8.96. The van der Waals surface area contributed by atoms with E-state index in [-0.39, 0.29) is 42.2 Å². The number of fused-ring (bicyclic) bond motifs is 1. The SMILES string of the molecule is CCCn1c(=O)c2sc(N3CCCC3)nc2n(CC(=O)Nc2ccccc2C(=O)OCC)c1=O. The third-order valence-electron chi connectivity index (χ3n) is 5.58. The molecule has 180 valence electrons. The number of rotatable bonds is 8. The average Bonchev–Trinajstić information content (AvgIpc) is 3.50. The van der Waals surface area contributed by atoms with Gasteiger partial charge in [-0.05, 0) is 38.3 Å². The Hall–Kier alpha value is -3.47. The molecule has 0 saturated carbocycles. The normalized spacial score (nSPS) is 13.4. The summed E-state index contributed by atoms with van der Waals surface area (Å²) in [5.74, 6) is -1.07. The van der Waals surface area contributed by atoms with E-state index in [1.54, 1.807) is 31.2 Å². The number of hydrogen-bond acceptors (Lipinski definition) is 8. The number of anilines is 2. The van der Waals surface area contributed by atoms with E-state index in [4.69, 9.17) is 4.74 Å². The Morgan fingerprint density at radius 3 is 2.56 bits per heavy atom. The van der Waals surface area contributed by atoms with E-state index < -0.39 is 17.6 Å². The number of aromatic nitrogens is 3. The van der Waals surface area contributed by atoms with Crippen LogP contribution < -0.4 is 21.5 Å². The van der Waals surface area contributed by atoms with Crippen molar-refractivity contribution in [2.45, 2.75) is 46.2 Å². The van der Waals surface area contributed by atoms with E-state index in [9.17, 15) is 19.2 Å². The molecule has 3 aromatic rings. The number of carbonyl (C=O) groups excluding carboxylic acids is 2. The van der Waals surface area contributed by atoms with Crippen molar-refractivity contribution < 1.29 is 14.3 Å². The molecule has 1 aliphatic heterocycles. The second kappa shape index (κ2) is 10.2. The van der Waals surface area contributed by atoms with Crippen molar-refractivity contribution in [3.63, 3.8) is 0 Å². The van der Waals surface area contributed by atoms with Crippen molar-refractivity contribution in [3.05, 3.63) is 50.7 Å². The van der Waals surface area contributed by atoms with E-state index in [2.05, 4.69) is 15.2 Å². The van der Waals surface area contributed by atoms with Gasteiger partial charge in [0.2, 0.25) is 5.91 Å². The van der Waals surface area contributed by atoms with Crippen LogP contribution in [-0.4, -0.2) is 45.7 Å². The standard InChI is InChI=1S/C23H27N5O5S/c1-3-11-27-20(30)18-19(25-22(34-18)26-12-7-8-13-26)28(23(27)32)14-17(29)24-16-10-6-5-9-15(16)21(31)33-4-2/h5-6,9-10H,3-4,7-8,11-14H2,1-2H3,(H,24,29). The molecule has 3 heterocycles. The van der Waals surface area contributed by atoms with E-state index in [0.717, 1.165) is 30.5 Å². The molecule has 4 rings (SSSR count). The van der Waals surface area contributed by atoms with E-state index in [0.29, 0.717) is 16.3 Å². The zero-order valence-electron chi connectivity index (χ0n) is 19.2. The molecule has 0 bridgehead atoms. The van der Waals surface area contributed by atoms with Gasteiger partial charge in [-0.1, -0.05) is 30.4 Å². The van der Waals surface area contributed by atoms with Gasteiger partial charge < -0.3 is 15.0 Å². The van der Waals surface area contributed by atoms with Crippen LogP contribution in [0.25, 0.3) is 10.3 Å². The van der Waals surface area contributed by atoms with Gasteiger partial charge in [-0.15, -0.1) is 0 Å². The third kappa shape index (κ3) is 4.60. The Kier molecular flexibility index (Phi) is 7.11. The zero-order chi connectivity index (χ0) is 24.2. The van der Waals surface area contributed by atoms with Crippen LogP contribution in [-0.2, 0) is 22.6 Å². The molecular formula is C23H27N5O5S. The number of ether oxygens (including phenoxy) is 1. The first-order valence-electron chi connectivity index (χ1n) is 11.4. The number of carbonyl (C=O) groups is 2. The molecule has 1 fully saturated rings. The largest absolute Gasteiger partial charge is 0.462 e. The van der Waals surface area contributed by atoms with Crippen LogP contribution in [0, 0.1) is 0 Å². The summed E-state index contributed by atoms with van der Waals surface area (Å²) in [6.45, 7) is 5.37. The number of para-hydroxylation sites is 1. The minimum atomic E-state index is -0.577. The molecule has 1 amide bonds. The minimum Gasteiger partial charge on any atom is -0.462 e. The van der Waals surface area contributed by atoms with Crippen LogP contribution >= 0.6 is 11.3 Å². The van der Waals surface area contributed by atoms with Crippen LogP contribution in [0.5, 0.6) is 0 Å². The fourth-order valence-corrected chi connectivity index (χ4v) is 5.06. The lowest BCUT2D eigenvalue weighted by atomic mass is 10.2. The maximum atomic E-state index is 13.2. The number of hydrogen-bond donors (Lipinski definition) is 1. The Balaban J connectivity index is 1.71. The highest BCUT2D eigenvalue weighted by atomic mass is 32.1. The summed E-state index contributed by atoms with van der Waals surface area (Å²) in [5, 5.41) is 3.38. The summed E-state index contributed by atoms with van der Waals surface area (Å²) in [6, 6.07) is 6.51. The first-order chi connectivity index (χ1) is 16.4. The summed E-state index contributed by atoms with van der Waals surface area (Å²) < 4.78 is 7.81. The number of thiazole rings is 1. The smallest absolute Gasteiger partial charge is 0.340 e. The fraction of sp³-hybridized carbons (Fsp3) is 0.435. The van der Waals surface area contributed by atoms with Gasteiger partial charge in [-0.3, -0.25) is 18.7 Å². The number of nitrogens with zero attached hydrogens (tertiary/aromatic N) is 4. The molecule has 0 spiro atoms. The van der Waals surface area contributed by atoms with Gasteiger partial charge in [0.1, 0.15) is 11.2 Å². The maximum absolute atomic E-state index is 13.2. The molecule has 0 aliphatic carbocycles. The van der Waals surface area contributed by atoms with Gasteiger partial charge in [-0.25, -0.2) is 14.6 Å². The molecular weight excluding hydrogens is 458 g/mol. The number of nitrogens with one attached hydrogen (secondary N) is 1. The van der Waals surface area contributed by atoms with Crippen LogP contribution in [0.15, 0.2) is 33.9 Å². The number of amides is 1. The van der Waals surface area contributed by atoms with E-state index >= 15 is 0 Å². The summed E-state index contributed by atoms with van der Waals surface area (Å²) in [6.07, 6.45) is 2.69. The Morgan fingerprint density at radius 2 is 1.85 bits per heavy atom. The molecule has 1 aliphatic rings. The van der Waals surface area contributed by atoms with Crippen LogP contribution in [0.2, 0.25) is 0 Å². The molecule has 0 radical (unpaired) electrons. The summed E-state index contributed by atoms with van der Waals surface area (Å²) in [4.78, 5) is 58.1. The highest BCUT2D eigenvalue weighted by Gasteiger charge is 2.23. The van der Waals surface area contributed by atoms with Crippen molar-refractivity contribution in [3.8, 4) is 0 Å². The lowest BCUT2D eigenvalue weighted by molar-refractivity contribution is -0.116. The van der Waals surface area contributed by atoms with Crippen molar-refractivity contribution in [1.29, 1.82) is 0 Å². The fourth-order valence-electron chi connectivity index (χ4n) is 3.99. The first-order valence-corrected chi connectivity index (χ1v) is 12.2. The minimum absolute atomic E-state index is 0.205. The number of benzene rings is 1. The number of esters is 1. The molecule has 1 saturated heterocycles. The predicted octanol–water partition coefficient (Wildman–Crippen LogP) is 2.45. The molecule has 0 unspecified atom stereocenters. The average molecular weight is 486 g/mol. The molecule has 11 heteroatoms. The van der Waals surface area contributed by atoms with Crippen LogP contribution in [0.1, 0.15) is 43.5 Å². The lowest BCUT2D eigenvalue weighted by Gasteiger charge is -2.13. The second-order valence-electron chi connectivity index (χ2n) is 7.98. The van der Waals surface area contributed by atoms with Gasteiger partial charge >= 0.3 is 11.7 Å². The Labute approximate surface area is 199 Å². The topological polar surface area (TPSA) is 116 Å². The van der Waals surface area contributed by atoms with Gasteiger partial charge in [0.15, 0.2) is 10.8 Å². The van der Waals surface area contributed by atoms with Gasteiger partial charge in [0.05, 0.1) is 17.9 Å². The highest BCUT2D eigenvalue weighted by molar-refractivity contribution is 7.22. The Morgan fingerprint density at radius 1 is 1.12 bits per heavy atom. The lowest BCUT2D eigenvalue weighted by Crippen LogP contribution is -2.41. The molecule has 2 aromatic heterocycles. The quantitative estimate of drug-likeness (QED) is 0.487. The molecule has 0 atom stereocenters. The van der Waals surface area contributed by atoms with Crippen LogP contribution in [0.3, 0.4) is 0 Å². The molecule has 34 heavy (non-hydrogen) atoms. The van der Waals surface area contributed by atoms with Gasteiger partial charge in [0, 0.05) is 19.6 Å². The van der Waals surface area contributed by atoms with Crippen LogP contribution in [0.4, 0.5) is 10.8 Å². The Bertz CT molecular complexity index is 1340. The zero-order valence-corrected chi connectivity index (χ0v) is 20.0. The van der Waals surface area contributed by atoms with E-state index in [1.165, 1.54) is 15.9 Å². The first kappa shape index (κ1) is 23.7. The van der Waals surface area contributed by atoms with Gasteiger partial charge in [0.25, 0.3) is 5.56 Å². The maximum Gasteiger partial charge on any atom is 0.340 e. The van der Waals surface area contributed by atoms with Crippen molar-refractivity contribution in [2.75, 3.05) is 29.9 Å². The predicted molar refractivity (Wildman–Crippen MR) is 131 cm³/mol. The molecule has 10 nitrogen and oxygen atoms in total. The summed E-state index contributed by atoms with van der Waals surface area (Å²) in [7, 11) is 0. The van der Waals surface area contributed by atoms with Crippen molar-refractivity contribution in [2.24, 2.45) is 0 Å². The monoisotopic (exact) mass is 485 g/mol. The van der Waals surface area contributed by atoms with Gasteiger partial charge in [-0.2, -0.15) is 0 Å². The summed E-state index contributed by atoms with van der Waals surface area (Å²) >= 11 is 1.26. The molecule has 1 N–H and O–H groups in total. The van der Waals surface area contributed by atoms with E-state index in [1.807, 2.05) is 6.92 Å². The highest BCUT2D eigenvalue weighted by Crippen LogP contribution is 2.28. The van der Waals surface area contributed by atoms with Crippen molar-refractivity contribution in [1.82, 2.24) is 14.1 Å². The third-order valence-corrected chi connectivity index (χ3v) is 6.67. The summed E-state index contributed by atoms with van der Waals surface area (Å²) in [5.41, 5.74) is -0.243. The van der Waals surface area contributed by atoms with Crippen molar-refractivity contribution >= 4 is 44.4 Å².